The first-order chi connectivity index (χ1) is 10.1. The Labute approximate surface area is 131 Å². The monoisotopic (exact) mass is 295 g/mol. The summed E-state index contributed by atoms with van der Waals surface area (Å²) in [6.07, 6.45) is 2.33. The first-order valence-electron chi connectivity index (χ1n) is 8.01. The van der Waals surface area contributed by atoms with E-state index < -0.39 is 0 Å². The maximum Gasteiger partial charge on any atom is 0.161 e. The van der Waals surface area contributed by atoms with E-state index in [4.69, 9.17) is 9.47 Å². The lowest BCUT2D eigenvalue weighted by Gasteiger charge is -2.32. The zero-order chi connectivity index (χ0) is 16.4. The molecule has 0 aromatic heterocycles. The highest BCUT2D eigenvalue weighted by molar-refractivity contribution is 5.48. The van der Waals surface area contributed by atoms with Crippen molar-refractivity contribution in [3.63, 3.8) is 0 Å². The second kappa shape index (κ2) is 10.5. The molecule has 0 bridgehead atoms. The molecule has 122 valence electrons. The predicted molar refractivity (Wildman–Crippen MR) is 91.5 cm³/mol. The molecule has 1 atom stereocenters. The summed E-state index contributed by atoms with van der Waals surface area (Å²) in [5.41, 5.74) is 2.72. The van der Waals surface area contributed by atoms with E-state index in [2.05, 4.69) is 44.9 Å². The second-order valence-electron chi connectivity index (χ2n) is 5.15. The number of fused-ring (bicyclic) bond motifs is 1. The summed E-state index contributed by atoms with van der Waals surface area (Å²) in [7, 11) is 5.52. The molecular formula is C18H33NO2. The Morgan fingerprint density at radius 2 is 1.48 bits per heavy atom. The van der Waals surface area contributed by atoms with Gasteiger partial charge < -0.3 is 9.47 Å². The zero-order valence-electron chi connectivity index (χ0n) is 15.1. The number of hydrogen-bond donors (Lipinski definition) is 0. The van der Waals surface area contributed by atoms with Gasteiger partial charge in [-0.1, -0.05) is 34.1 Å². The molecule has 1 aromatic rings. The van der Waals surface area contributed by atoms with Crippen LogP contribution in [-0.2, 0) is 13.0 Å². The molecule has 3 heteroatoms. The van der Waals surface area contributed by atoms with E-state index in [1.165, 1.54) is 17.5 Å². The van der Waals surface area contributed by atoms with Gasteiger partial charge in [-0.05, 0) is 43.7 Å². The van der Waals surface area contributed by atoms with Crippen LogP contribution in [0.5, 0.6) is 11.5 Å². The number of benzene rings is 1. The van der Waals surface area contributed by atoms with Crippen LogP contribution in [-0.4, -0.2) is 32.2 Å². The van der Waals surface area contributed by atoms with Gasteiger partial charge in [-0.3, -0.25) is 4.90 Å². The minimum atomic E-state index is 0.589. The van der Waals surface area contributed by atoms with Gasteiger partial charge in [-0.2, -0.15) is 0 Å². The van der Waals surface area contributed by atoms with Crippen LogP contribution in [0.1, 0.15) is 52.2 Å². The molecule has 3 nitrogen and oxygen atoms in total. The third-order valence-electron chi connectivity index (χ3n) is 3.39. The predicted octanol–water partition coefficient (Wildman–Crippen LogP) is 4.52. The van der Waals surface area contributed by atoms with E-state index in [-0.39, 0.29) is 0 Å². The van der Waals surface area contributed by atoms with Crippen molar-refractivity contribution in [2.45, 2.75) is 60.0 Å². The molecule has 1 aromatic carbocycles. The van der Waals surface area contributed by atoms with Crippen molar-refractivity contribution >= 4 is 0 Å². The maximum absolute atomic E-state index is 5.33. The molecule has 0 amide bonds. The van der Waals surface area contributed by atoms with Crippen LogP contribution >= 0.6 is 0 Å². The Kier molecular flexibility index (Phi) is 9.89. The molecule has 0 radical (unpaired) electrons. The lowest BCUT2D eigenvalue weighted by atomic mass is 9.94. The van der Waals surface area contributed by atoms with Crippen LogP contribution in [0.4, 0.5) is 0 Å². The van der Waals surface area contributed by atoms with Crippen molar-refractivity contribution in [3.8, 4) is 11.5 Å². The fourth-order valence-corrected chi connectivity index (χ4v) is 2.20. The molecular weight excluding hydrogens is 262 g/mol. The summed E-state index contributed by atoms with van der Waals surface area (Å²) in [5, 5.41) is 0. The molecule has 0 fully saturated rings. The number of likely N-dealkylation sites (N-methyl/N-ethyl adjacent to an activating group) is 1. The normalized spacial score (nSPS) is 16.7. The smallest absolute Gasteiger partial charge is 0.161 e. The first kappa shape index (κ1) is 19.8. The standard InChI is InChI=1S/C13H19NO2.C3H8.C2H6/c1-9-5-10-6-12(15-3)13(16-4)7-11(10)8-14(9)2;1-3-2;1-2/h6-7,9H,5,8H2,1-4H3;3H2,1-2H3;1-2H3. The van der Waals surface area contributed by atoms with Gasteiger partial charge >= 0.3 is 0 Å². The summed E-state index contributed by atoms with van der Waals surface area (Å²) in [4.78, 5) is 2.36. The number of rotatable bonds is 2. The molecule has 0 N–H and O–H groups in total. The molecule has 1 aliphatic heterocycles. The van der Waals surface area contributed by atoms with Crippen LogP contribution < -0.4 is 9.47 Å². The Balaban J connectivity index is 0.000000713. The number of ether oxygens (including phenoxy) is 2. The average Bonchev–Trinajstić information content (AvgIpc) is 2.50. The van der Waals surface area contributed by atoms with Crippen molar-refractivity contribution in [1.82, 2.24) is 4.90 Å². The fraction of sp³-hybridized carbons (Fsp3) is 0.667. The van der Waals surface area contributed by atoms with E-state index in [1.807, 2.05) is 13.8 Å². The highest BCUT2D eigenvalue weighted by atomic mass is 16.5. The minimum absolute atomic E-state index is 0.589. The molecule has 0 saturated carbocycles. The Bertz CT molecular complexity index is 367. The van der Waals surface area contributed by atoms with Crippen molar-refractivity contribution in [2.75, 3.05) is 21.3 Å². The molecule has 0 saturated heterocycles. The topological polar surface area (TPSA) is 21.7 Å². The maximum atomic E-state index is 5.33. The van der Waals surface area contributed by atoms with Crippen molar-refractivity contribution in [2.24, 2.45) is 0 Å². The summed E-state index contributed by atoms with van der Waals surface area (Å²) >= 11 is 0. The van der Waals surface area contributed by atoms with Gasteiger partial charge in [-0.15, -0.1) is 0 Å². The van der Waals surface area contributed by atoms with Crippen LogP contribution in [0.25, 0.3) is 0 Å². The second-order valence-corrected chi connectivity index (χ2v) is 5.15. The van der Waals surface area contributed by atoms with Crippen LogP contribution in [0.15, 0.2) is 12.1 Å². The van der Waals surface area contributed by atoms with Crippen molar-refractivity contribution < 1.29 is 9.47 Å². The minimum Gasteiger partial charge on any atom is -0.493 e. The highest BCUT2D eigenvalue weighted by Gasteiger charge is 2.21. The molecule has 1 aliphatic rings. The quantitative estimate of drug-likeness (QED) is 0.800. The fourth-order valence-electron chi connectivity index (χ4n) is 2.20. The Morgan fingerprint density at radius 1 is 1.05 bits per heavy atom. The van der Waals surface area contributed by atoms with Gasteiger partial charge in [0.15, 0.2) is 11.5 Å². The molecule has 21 heavy (non-hydrogen) atoms. The van der Waals surface area contributed by atoms with Crippen LogP contribution in [0.2, 0.25) is 0 Å². The van der Waals surface area contributed by atoms with E-state index in [1.54, 1.807) is 14.2 Å². The van der Waals surface area contributed by atoms with Gasteiger partial charge in [0, 0.05) is 12.6 Å². The lowest BCUT2D eigenvalue weighted by molar-refractivity contribution is 0.230. The Hall–Kier alpha value is -1.22. The SMILES string of the molecule is CC.CCC.COc1cc2c(cc1OC)CN(C)C(C)C2. The van der Waals surface area contributed by atoms with Gasteiger partial charge in [0.2, 0.25) is 0 Å². The molecule has 2 rings (SSSR count). The zero-order valence-corrected chi connectivity index (χ0v) is 15.1. The lowest BCUT2D eigenvalue weighted by Crippen LogP contribution is -2.35. The third-order valence-corrected chi connectivity index (χ3v) is 3.39. The number of nitrogens with zero attached hydrogens (tertiary/aromatic N) is 1. The van der Waals surface area contributed by atoms with Gasteiger partial charge in [0.25, 0.3) is 0 Å². The number of hydrogen-bond acceptors (Lipinski definition) is 3. The highest BCUT2D eigenvalue weighted by Crippen LogP contribution is 2.34. The summed E-state index contributed by atoms with van der Waals surface area (Å²) in [6, 6.07) is 4.79. The molecule has 0 aliphatic carbocycles. The van der Waals surface area contributed by atoms with E-state index in [9.17, 15) is 0 Å². The Morgan fingerprint density at radius 3 is 1.90 bits per heavy atom. The van der Waals surface area contributed by atoms with Crippen LogP contribution in [0, 0.1) is 0 Å². The van der Waals surface area contributed by atoms with E-state index in [0.29, 0.717) is 6.04 Å². The van der Waals surface area contributed by atoms with Gasteiger partial charge in [-0.25, -0.2) is 0 Å². The van der Waals surface area contributed by atoms with E-state index in [0.717, 1.165) is 24.5 Å². The van der Waals surface area contributed by atoms with Crippen molar-refractivity contribution in [3.05, 3.63) is 23.3 Å². The van der Waals surface area contributed by atoms with Crippen LogP contribution in [0.3, 0.4) is 0 Å². The third kappa shape index (κ3) is 5.58. The van der Waals surface area contributed by atoms with Crippen molar-refractivity contribution in [1.29, 1.82) is 0 Å². The first-order valence-corrected chi connectivity index (χ1v) is 8.01. The summed E-state index contributed by atoms with van der Waals surface area (Å²) < 4.78 is 10.6. The van der Waals surface area contributed by atoms with Gasteiger partial charge in [0.1, 0.15) is 0 Å². The largest absolute Gasteiger partial charge is 0.493 e. The number of methoxy groups -OCH3 is 2. The summed E-state index contributed by atoms with van der Waals surface area (Å²) in [6.45, 7) is 11.5. The van der Waals surface area contributed by atoms with E-state index >= 15 is 0 Å². The average molecular weight is 295 g/mol. The molecule has 1 heterocycles. The molecule has 0 spiro atoms. The van der Waals surface area contributed by atoms with Gasteiger partial charge in [0.05, 0.1) is 14.2 Å². The summed E-state index contributed by atoms with van der Waals surface area (Å²) in [5.74, 6) is 1.65. The molecule has 1 unspecified atom stereocenters.